The Morgan fingerprint density at radius 2 is 2.03 bits per heavy atom. The van der Waals surface area contributed by atoms with Gasteiger partial charge in [-0.2, -0.15) is 5.26 Å². The van der Waals surface area contributed by atoms with Gasteiger partial charge in [-0.1, -0.05) is 18.2 Å². The number of nitrogens with one attached hydrogen (secondary N) is 1. The molecule has 1 aliphatic rings. The molecule has 0 spiro atoms. The number of rotatable bonds is 9. The molecule has 0 bridgehead atoms. The van der Waals surface area contributed by atoms with E-state index in [0.717, 1.165) is 49.0 Å². The van der Waals surface area contributed by atoms with Crippen LogP contribution in [0.3, 0.4) is 0 Å². The average Bonchev–Trinajstić information content (AvgIpc) is 3.38. The molecule has 0 atom stereocenters. The number of anilines is 1. The van der Waals surface area contributed by atoms with Crippen LogP contribution in [0.4, 0.5) is 9.39 Å². The summed E-state index contributed by atoms with van der Waals surface area (Å²) in [6.07, 6.45) is 5.85. The number of fused-ring (bicyclic) bond motifs is 1. The summed E-state index contributed by atoms with van der Waals surface area (Å²) in [7, 11) is 0. The van der Waals surface area contributed by atoms with Crippen LogP contribution in [0.15, 0.2) is 48.7 Å². The van der Waals surface area contributed by atoms with Crippen LogP contribution < -0.4 is 5.32 Å². The first-order valence-corrected chi connectivity index (χ1v) is 11.6. The molecule has 0 fully saturated rings. The Bertz CT molecular complexity index is 1110. The molecule has 0 saturated heterocycles. The van der Waals surface area contributed by atoms with Crippen molar-refractivity contribution in [1.29, 1.82) is 5.26 Å². The lowest BCUT2D eigenvalue weighted by Gasteiger charge is -2.22. The van der Waals surface area contributed by atoms with Crippen molar-refractivity contribution in [2.75, 3.05) is 18.4 Å². The van der Waals surface area contributed by atoms with Crippen LogP contribution in [0.2, 0.25) is 0 Å². The molecule has 1 aliphatic carbocycles. The smallest absolute Gasteiger partial charge is 0.226 e. The van der Waals surface area contributed by atoms with Crippen LogP contribution in [0.25, 0.3) is 0 Å². The summed E-state index contributed by atoms with van der Waals surface area (Å²) in [5, 5.41) is 13.2. The molecule has 1 amide bonds. The van der Waals surface area contributed by atoms with Gasteiger partial charge in [0.1, 0.15) is 16.9 Å². The average molecular weight is 449 g/mol. The third-order valence-corrected chi connectivity index (χ3v) is 6.88. The Morgan fingerprint density at radius 1 is 1.19 bits per heavy atom. The fourth-order valence-electron chi connectivity index (χ4n) is 4.00. The predicted octanol–water partition coefficient (Wildman–Crippen LogP) is 4.72. The van der Waals surface area contributed by atoms with Gasteiger partial charge >= 0.3 is 0 Å². The molecule has 0 aliphatic heterocycles. The van der Waals surface area contributed by atoms with Gasteiger partial charge in [0.25, 0.3) is 0 Å². The quantitative estimate of drug-likeness (QED) is 0.514. The highest BCUT2D eigenvalue weighted by Crippen LogP contribution is 2.38. The van der Waals surface area contributed by atoms with Crippen molar-refractivity contribution in [3.63, 3.8) is 0 Å². The van der Waals surface area contributed by atoms with Crippen molar-refractivity contribution < 1.29 is 9.18 Å². The number of halogens is 1. The second kappa shape index (κ2) is 10.5. The van der Waals surface area contributed by atoms with Gasteiger partial charge in [-0.15, -0.1) is 11.3 Å². The van der Waals surface area contributed by atoms with Gasteiger partial charge < -0.3 is 5.32 Å². The van der Waals surface area contributed by atoms with E-state index in [1.165, 1.54) is 28.3 Å². The van der Waals surface area contributed by atoms with Gasteiger partial charge in [0.2, 0.25) is 5.91 Å². The van der Waals surface area contributed by atoms with Gasteiger partial charge in [-0.3, -0.25) is 14.7 Å². The fraction of sp³-hybridized carbons (Fsp3) is 0.320. The summed E-state index contributed by atoms with van der Waals surface area (Å²) in [6, 6.07) is 14.6. The topological polar surface area (TPSA) is 69.0 Å². The first-order valence-electron chi connectivity index (χ1n) is 10.8. The largest absolute Gasteiger partial charge is 0.317 e. The highest BCUT2D eigenvalue weighted by Gasteiger charge is 2.23. The number of pyridine rings is 1. The highest BCUT2D eigenvalue weighted by molar-refractivity contribution is 7.16. The second-order valence-corrected chi connectivity index (χ2v) is 9.05. The van der Waals surface area contributed by atoms with Gasteiger partial charge in [0.05, 0.1) is 5.56 Å². The lowest BCUT2D eigenvalue weighted by Crippen LogP contribution is -2.29. The van der Waals surface area contributed by atoms with E-state index in [2.05, 4.69) is 21.3 Å². The zero-order valence-corrected chi connectivity index (χ0v) is 18.6. The van der Waals surface area contributed by atoms with E-state index < -0.39 is 0 Å². The fourth-order valence-corrected chi connectivity index (χ4v) is 5.25. The van der Waals surface area contributed by atoms with Crippen molar-refractivity contribution >= 4 is 22.2 Å². The minimum atomic E-state index is -0.260. The van der Waals surface area contributed by atoms with E-state index in [9.17, 15) is 14.4 Å². The molecule has 0 saturated carbocycles. The maximum Gasteiger partial charge on any atom is 0.226 e. The molecule has 2 aromatic heterocycles. The Balaban J connectivity index is 1.38. The summed E-state index contributed by atoms with van der Waals surface area (Å²) in [5.41, 5.74) is 3.73. The van der Waals surface area contributed by atoms with Crippen LogP contribution in [0.1, 0.15) is 40.1 Å². The standard InChI is InChI=1S/C25H25FN4OS/c26-19-9-7-18(8-10-19)17-30(14-11-20-4-1-2-13-28-20)15-12-24(31)29-25-22(16-27)21-5-3-6-23(21)32-25/h1-2,4,7-10,13H,3,5-6,11-12,14-15,17H2,(H,29,31). The molecule has 1 aromatic carbocycles. The minimum Gasteiger partial charge on any atom is -0.317 e. The number of thiophene rings is 1. The van der Waals surface area contributed by atoms with Crippen molar-refractivity contribution in [2.45, 2.75) is 38.6 Å². The Morgan fingerprint density at radius 3 is 2.78 bits per heavy atom. The molecule has 3 aromatic rings. The third-order valence-electron chi connectivity index (χ3n) is 5.67. The van der Waals surface area contributed by atoms with Crippen molar-refractivity contribution in [3.8, 4) is 6.07 Å². The van der Waals surface area contributed by atoms with E-state index in [4.69, 9.17) is 0 Å². The van der Waals surface area contributed by atoms with Gasteiger partial charge in [-0.05, 0) is 54.7 Å². The number of hydrogen-bond acceptors (Lipinski definition) is 5. The van der Waals surface area contributed by atoms with Crippen LogP contribution in [-0.2, 0) is 30.6 Å². The molecule has 1 N–H and O–H groups in total. The normalized spacial score (nSPS) is 12.5. The molecule has 32 heavy (non-hydrogen) atoms. The van der Waals surface area contributed by atoms with E-state index in [0.29, 0.717) is 30.1 Å². The zero-order valence-electron chi connectivity index (χ0n) is 17.8. The Kier molecular flexibility index (Phi) is 7.25. The molecule has 4 rings (SSSR count). The lowest BCUT2D eigenvalue weighted by atomic mass is 10.1. The Hall–Kier alpha value is -3.08. The SMILES string of the molecule is N#Cc1c(NC(=O)CCN(CCc2ccccn2)Cc2ccc(F)cc2)sc2c1CCC2. The number of benzene rings is 1. The van der Waals surface area contributed by atoms with Crippen LogP contribution in [0.5, 0.6) is 0 Å². The molecule has 7 heteroatoms. The molecule has 164 valence electrons. The summed E-state index contributed by atoms with van der Waals surface area (Å²) >= 11 is 1.54. The molecule has 0 radical (unpaired) electrons. The molecule has 2 heterocycles. The molecular weight excluding hydrogens is 423 g/mol. The maximum absolute atomic E-state index is 13.3. The van der Waals surface area contributed by atoms with E-state index >= 15 is 0 Å². The van der Waals surface area contributed by atoms with Crippen molar-refractivity contribution in [1.82, 2.24) is 9.88 Å². The van der Waals surface area contributed by atoms with E-state index in [-0.39, 0.29) is 11.7 Å². The second-order valence-electron chi connectivity index (χ2n) is 7.95. The maximum atomic E-state index is 13.3. The monoisotopic (exact) mass is 448 g/mol. The number of aryl methyl sites for hydroxylation is 1. The number of nitrogens with zero attached hydrogens (tertiary/aromatic N) is 3. The van der Waals surface area contributed by atoms with Crippen molar-refractivity contribution in [3.05, 3.63) is 81.7 Å². The van der Waals surface area contributed by atoms with Gasteiger partial charge in [-0.25, -0.2) is 4.39 Å². The number of amides is 1. The lowest BCUT2D eigenvalue weighted by molar-refractivity contribution is -0.116. The number of nitriles is 1. The van der Waals surface area contributed by atoms with Crippen molar-refractivity contribution in [2.24, 2.45) is 0 Å². The summed E-state index contributed by atoms with van der Waals surface area (Å²) in [6.45, 7) is 1.92. The summed E-state index contributed by atoms with van der Waals surface area (Å²) < 4.78 is 13.3. The highest BCUT2D eigenvalue weighted by atomic mass is 32.1. The molecule has 0 unspecified atom stereocenters. The molecular formula is C25H25FN4OS. The summed E-state index contributed by atoms with van der Waals surface area (Å²) in [5.74, 6) is -0.354. The predicted molar refractivity (Wildman–Crippen MR) is 124 cm³/mol. The number of hydrogen-bond donors (Lipinski definition) is 1. The zero-order chi connectivity index (χ0) is 22.3. The van der Waals surface area contributed by atoms with Gasteiger partial charge in [0.15, 0.2) is 0 Å². The summed E-state index contributed by atoms with van der Waals surface area (Å²) in [4.78, 5) is 20.5. The molecule has 5 nitrogen and oxygen atoms in total. The number of carbonyl (C=O) groups is 1. The first-order chi connectivity index (χ1) is 15.6. The van der Waals surface area contributed by atoms with Crippen LogP contribution >= 0.6 is 11.3 Å². The van der Waals surface area contributed by atoms with Crippen LogP contribution in [-0.4, -0.2) is 28.9 Å². The number of carbonyl (C=O) groups excluding carboxylic acids is 1. The third kappa shape index (κ3) is 5.58. The Labute approximate surface area is 191 Å². The first kappa shape index (κ1) is 22.1. The van der Waals surface area contributed by atoms with E-state index in [1.54, 1.807) is 18.3 Å². The van der Waals surface area contributed by atoms with E-state index in [1.807, 2.05) is 18.2 Å². The minimum absolute atomic E-state index is 0.0941. The van der Waals surface area contributed by atoms with Gasteiger partial charge in [0, 0.05) is 49.2 Å². The van der Waals surface area contributed by atoms with Crippen LogP contribution in [0, 0.1) is 17.1 Å². The number of aromatic nitrogens is 1.